The van der Waals surface area contributed by atoms with Gasteiger partial charge in [0.15, 0.2) is 0 Å². The molecule has 0 heterocycles. The normalized spacial score (nSPS) is 13.7. The highest BCUT2D eigenvalue weighted by molar-refractivity contribution is 6.34. The van der Waals surface area contributed by atoms with Crippen LogP contribution in [0.5, 0.6) is 0 Å². The fraction of sp³-hybridized carbons (Fsp3) is 0.500. The lowest BCUT2D eigenvalue weighted by Crippen LogP contribution is -2.54. The number of anilines is 1. The molecule has 0 spiro atoms. The van der Waals surface area contributed by atoms with Crippen LogP contribution in [-0.2, 0) is 14.3 Å². The molecule has 38 heavy (non-hydrogen) atoms. The predicted octanol–water partition coefficient (Wildman–Crippen LogP) is 6.73. The molecule has 0 fully saturated rings. The zero-order chi connectivity index (χ0) is 28.8. The summed E-state index contributed by atoms with van der Waals surface area (Å²) in [6, 6.07) is 9.27. The van der Waals surface area contributed by atoms with E-state index in [2.05, 4.69) is 10.6 Å². The van der Waals surface area contributed by atoms with Gasteiger partial charge < -0.3 is 20.3 Å². The van der Waals surface area contributed by atoms with E-state index in [0.717, 1.165) is 16.7 Å². The van der Waals surface area contributed by atoms with Gasteiger partial charge in [-0.05, 0) is 82.7 Å². The number of para-hydroxylation sites is 1. The van der Waals surface area contributed by atoms with E-state index in [0.29, 0.717) is 22.7 Å². The van der Waals surface area contributed by atoms with Crippen molar-refractivity contribution >= 4 is 35.2 Å². The first-order valence-electron chi connectivity index (χ1n) is 13.1. The van der Waals surface area contributed by atoms with Gasteiger partial charge in [-0.2, -0.15) is 0 Å². The third kappa shape index (κ3) is 7.73. The van der Waals surface area contributed by atoms with Crippen molar-refractivity contribution in [1.29, 1.82) is 0 Å². The summed E-state index contributed by atoms with van der Waals surface area (Å²) < 4.78 is 5.44. The lowest BCUT2D eigenvalue weighted by atomic mass is 9.93. The van der Waals surface area contributed by atoms with Gasteiger partial charge in [-0.3, -0.25) is 9.59 Å². The minimum atomic E-state index is -0.949. The molecule has 208 valence electrons. The van der Waals surface area contributed by atoms with Crippen LogP contribution in [-0.4, -0.2) is 41.0 Å². The summed E-state index contributed by atoms with van der Waals surface area (Å²) in [7, 11) is 0. The van der Waals surface area contributed by atoms with Gasteiger partial charge in [0.2, 0.25) is 5.91 Å². The molecule has 2 N–H and O–H groups in total. The molecule has 3 amide bonds. The van der Waals surface area contributed by atoms with E-state index in [9.17, 15) is 14.4 Å². The van der Waals surface area contributed by atoms with E-state index in [4.69, 9.17) is 16.3 Å². The number of aryl methyl sites for hydroxylation is 2. The molecule has 0 aliphatic rings. The quantitative estimate of drug-likeness (QED) is 0.367. The van der Waals surface area contributed by atoms with Crippen molar-refractivity contribution in [2.45, 2.75) is 86.4 Å². The van der Waals surface area contributed by atoms with Crippen LogP contribution in [0.4, 0.5) is 10.5 Å². The van der Waals surface area contributed by atoms with Crippen LogP contribution in [0.3, 0.4) is 0 Å². The lowest BCUT2D eigenvalue weighted by molar-refractivity contribution is -0.141. The molecule has 0 aromatic heterocycles. The summed E-state index contributed by atoms with van der Waals surface area (Å²) in [6.45, 7) is 17.0. The third-order valence-electron chi connectivity index (χ3n) is 6.75. The molecule has 0 bridgehead atoms. The maximum Gasteiger partial charge on any atom is 0.408 e. The van der Waals surface area contributed by atoms with Gasteiger partial charge in [0.25, 0.3) is 5.91 Å². The second kappa shape index (κ2) is 13.1. The number of nitrogens with zero attached hydrogens (tertiary/aromatic N) is 1. The number of benzene rings is 2. The Balaban J connectivity index is 2.58. The Kier molecular flexibility index (Phi) is 10.8. The number of hydrogen-bond acceptors (Lipinski definition) is 4. The van der Waals surface area contributed by atoms with E-state index in [-0.39, 0.29) is 24.3 Å². The largest absolute Gasteiger partial charge is 0.444 e. The maximum absolute atomic E-state index is 14.1. The van der Waals surface area contributed by atoms with E-state index in [1.807, 2.05) is 71.9 Å². The molecule has 0 radical (unpaired) electrons. The number of carbonyl (C=O) groups is 3. The second-order valence-electron chi connectivity index (χ2n) is 10.7. The van der Waals surface area contributed by atoms with Gasteiger partial charge in [0.1, 0.15) is 17.7 Å². The summed E-state index contributed by atoms with van der Waals surface area (Å²) in [5.41, 5.74) is 3.22. The molecule has 0 saturated heterocycles. The van der Waals surface area contributed by atoms with Crippen LogP contribution in [0.15, 0.2) is 36.4 Å². The van der Waals surface area contributed by atoms with E-state index < -0.39 is 23.8 Å². The summed E-state index contributed by atoms with van der Waals surface area (Å²) in [5.74, 6) is -0.938. The number of likely N-dealkylation sites (N-methyl/N-ethyl adjacent to an activating group) is 1. The smallest absolute Gasteiger partial charge is 0.408 e. The van der Waals surface area contributed by atoms with Crippen molar-refractivity contribution in [3.63, 3.8) is 0 Å². The van der Waals surface area contributed by atoms with E-state index in [1.54, 1.807) is 26.8 Å². The first-order valence-corrected chi connectivity index (χ1v) is 13.5. The standard InChI is InChI=1S/C30H42ClN3O4/c1-10-18(3)25(33-29(37)38-30(7,8)9)28(36)34(11-2)26(22-16-12-14-19(4)21(22)6)27(35)32-24-20(5)15-13-17-23(24)31/h12-18,25-26H,10-11H2,1-9H3,(H,32,35)(H,33,37). The molecule has 0 saturated carbocycles. The highest BCUT2D eigenvalue weighted by Gasteiger charge is 2.38. The van der Waals surface area contributed by atoms with Gasteiger partial charge in [-0.15, -0.1) is 0 Å². The van der Waals surface area contributed by atoms with Crippen molar-refractivity contribution in [3.8, 4) is 0 Å². The summed E-state index contributed by atoms with van der Waals surface area (Å²) in [5, 5.41) is 6.16. The van der Waals surface area contributed by atoms with Crippen molar-refractivity contribution in [2.75, 3.05) is 11.9 Å². The molecule has 2 aromatic carbocycles. The van der Waals surface area contributed by atoms with Gasteiger partial charge in [0, 0.05) is 6.54 Å². The molecule has 2 aromatic rings. The number of rotatable bonds is 9. The second-order valence-corrected chi connectivity index (χ2v) is 11.2. The van der Waals surface area contributed by atoms with Crippen molar-refractivity contribution in [1.82, 2.24) is 10.2 Å². The highest BCUT2D eigenvalue weighted by Crippen LogP contribution is 2.31. The van der Waals surface area contributed by atoms with Crippen molar-refractivity contribution < 1.29 is 19.1 Å². The van der Waals surface area contributed by atoms with Crippen LogP contribution in [0, 0.1) is 26.7 Å². The molecule has 2 rings (SSSR count). The van der Waals surface area contributed by atoms with Gasteiger partial charge in [-0.1, -0.05) is 62.2 Å². The maximum atomic E-state index is 14.1. The number of hydrogen-bond donors (Lipinski definition) is 2. The first-order chi connectivity index (χ1) is 17.7. The number of ether oxygens (including phenoxy) is 1. The van der Waals surface area contributed by atoms with Crippen LogP contribution in [0.1, 0.15) is 76.3 Å². The Morgan fingerprint density at radius 1 is 1.00 bits per heavy atom. The zero-order valence-corrected chi connectivity index (χ0v) is 24.8. The molecule has 0 aliphatic carbocycles. The molecule has 7 nitrogen and oxygen atoms in total. The van der Waals surface area contributed by atoms with Crippen molar-refractivity contribution in [3.05, 3.63) is 63.7 Å². The van der Waals surface area contributed by atoms with Crippen LogP contribution < -0.4 is 10.6 Å². The predicted molar refractivity (Wildman–Crippen MR) is 153 cm³/mol. The zero-order valence-electron chi connectivity index (χ0n) is 24.1. The molecular weight excluding hydrogens is 502 g/mol. The Labute approximate surface area is 232 Å². The molecule has 0 aliphatic heterocycles. The lowest BCUT2D eigenvalue weighted by Gasteiger charge is -2.36. The summed E-state index contributed by atoms with van der Waals surface area (Å²) >= 11 is 6.42. The van der Waals surface area contributed by atoms with Gasteiger partial charge >= 0.3 is 6.09 Å². The summed E-state index contributed by atoms with van der Waals surface area (Å²) in [4.78, 5) is 42.3. The number of halogens is 1. The fourth-order valence-corrected chi connectivity index (χ4v) is 4.53. The minimum absolute atomic E-state index is 0.197. The molecule has 3 unspecified atom stereocenters. The number of amides is 3. The Morgan fingerprint density at radius 3 is 2.16 bits per heavy atom. The first kappa shape index (κ1) is 31.2. The number of carbonyl (C=O) groups excluding carboxylic acids is 3. The monoisotopic (exact) mass is 543 g/mol. The molecule has 8 heteroatoms. The number of alkyl carbamates (subject to hydrolysis) is 1. The SMILES string of the molecule is CCC(C)C(NC(=O)OC(C)(C)C)C(=O)N(CC)C(C(=O)Nc1c(C)cccc1Cl)c1cccc(C)c1C. The average Bonchev–Trinajstić information content (AvgIpc) is 2.83. The minimum Gasteiger partial charge on any atom is -0.444 e. The topological polar surface area (TPSA) is 87.7 Å². The molecule has 3 atom stereocenters. The Hall–Kier alpha value is -3.06. The van der Waals surface area contributed by atoms with E-state index in [1.165, 1.54) is 4.90 Å². The Morgan fingerprint density at radius 2 is 1.61 bits per heavy atom. The van der Waals surface area contributed by atoms with Gasteiger partial charge in [0.05, 0.1) is 10.7 Å². The van der Waals surface area contributed by atoms with Crippen molar-refractivity contribution in [2.24, 2.45) is 5.92 Å². The van der Waals surface area contributed by atoms with Crippen LogP contribution in [0.25, 0.3) is 0 Å². The van der Waals surface area contributed by atoms with Gasteiger partial charge in [-0.25, -0.2) is 4.79 Å². The summed E-state index contributed by atoms with van der Waals surface area (Å²) in [6.07, 6.45) is -0.0326. The van der Waals surface area contributed by atoms with Crippen LogP contribution in [0.2, 0.25) is 5.02 Å². The third-order valence-corrected chi connectivity index (χ3v) is 7.06. The average molecular weight is 544 g/mol. The highest BCUT2D eigenvalue weighted by atomic mass is 35.5. The number of nitrogens with one attached hydrogen (secondary N) is 2. The van der Waals surface area contributed by atoms with Crippen LogP contribution >= 0.6 is 11.6 Å². The fourth-order valence-electron chi connectivity index (χ4n) is 4.26. The van der Waals surface area contributed by atoms with E-state index >= 15 is 0 Å². The molecular formula is C30H42ClN3O4. The Bertz CT molecular complexity index is 1140.